The lowest BCUT2D eigenvalue weighted by molar-refractivity contribution is -0.143. The largest absolute Gasteiger partial charge is 0.480 e. The van der Waals surface area contributed by atoms with Gasteiger partial charge in [-0.3, -0.25) is 0 Å². The zero-order chi connectivity index (χ0) is 22.0. The molecular weight excluding hydrogens is 530 g/mol. The molecule has 0 saturated heterocycles. The van der Waals surface area contributed by atoms with E-state index in [4.69, 9.17) is 9.47 Å². The van der Waals surface area contributed by atoms with Gasteiger partial charge in [0.05, 0.1) is 16.1 Å². The van der Waals surface area contributed by atoms with Crippen LogP contribution in [-0.2, 0) is 19.1 Å². The summed E-state index contributed by atoms with van der Waals surface area (Å²) in [6.07, 6.45) is 1.62. The Morgan fingerprint density at radius 2 is 1.77 bits per heavy atom. The van der Waals surface area contributed by atoms with Crippen molar-refractivity contribution in [3.63, 3.8) is 0 Å². The first kappa shape index (κ1) is 21.3. The normalized spacial score (nSPS) is 14.5. The second kappa shape index (κ2) is 9.03. The van der Waals surface area contributed by atoms with E-state index in [9.17, 15) is 9.59 Å². The highest BCUT2D eigenvalue weighted by Gasteiger charge is 2.24. The van der Waals surface area contributed by atoms with Crippen molar-refractivity contribution in [2.24, 2.45) is 4.99 Å². The number of fused-ring (bicyclic) bond motifs is 1. The molecule has 0 N–H and O–H groups in total. The van der Waals surface area contributed by atoms with Gasteiger partial charge < -0.3 is 14.2 Å². The first-order valence-corrected chi connectivity index (χ1v) is 10.7. The van der Waals surface area contributed by atoms with E-state index in [1.165, 1.54) is 7.11 Å². The molecule has 0 fully saturated rings. The number of carbonyl (C=O) groups excluding carboxylic acids is 2. The Bertz CT molecular complexity index is 1240. The third kappa shape index (κ3) is 4.70. The summed E-state index contributed by atoms with van der Waals surface area (Å²) >= 11 is 6.84. The van der Waals surface area contributed by atoms with Gasteiger partial charge in [0.25, 0.3) is 0 Å². The monoisotopic (exact) mass is 543 g/mol. The summed E-state index contributed by atoms with van der Waals surface area (Å²) < 4.78 is 16.6. The Labute approximate surface area is 194 Å². The van der Waals surface area contributed by atoms with E-state index in [0.717, 1.165) is 16.3 Å². The van der Waals surface area contributed by atoms with Crippen LogP contribution in [0.25, 0.3) is 16.8 Å². The molecule has 0 aromatic heterocycles. The molecule has 0 unspecified atom stereocenters. The van der Waals surface area contributed by atoms with Crippen molar-refractivity contribution in [1.82, 2.24) is 0 Å². The van der Waals surface area contributed by atoms with Gasteiger partial charge in [0.1, 0.15) is 5.75 Å². The van der Waals surface area contributed by atoms with Crippen LogP contribution < -0.4 is 4.74 Å². The molecule has 0 saturated carbocycles. The Balaban J connectivity index is 1.61. The molecule has 0 atom stereocenters. The molecule has 3 aromatic rings. The number of nitrogens with zero attached hydrogens (tertiary/aromatic N) is 1. The van der Waals surface area contributed by atoms with E-state index >= 15 is 0 Å². The smallest absolute Gasteiger partial charge is 0.363 e. The predicted molar refractivity (Wildman–Crippen MR) is 124 cm³/mol. The van der Waals surface area contributed by atoms with E-state index in [2.05, 4.69) is 41.6 Å². The Morgan fingerprint density at radius 3 is 2.48 bits per heavy atom. The maximum Gasteiger partial charge on any atom is 0.363 e. The summed E-state index contributed by atoms with van der Waals surface area (Å²) in [5.41, 5.74) is 1.61. The van der Waals surface area contributed by atoms with E-state index in [1.807, 2.05) is 42.5 Å². The van der Waals surface area contributed by atoms with Crippen LogP contribution in [0.15, 0.2) is 74.2 Å². The molecule has 0 amide bonds. The van der Waals surface area contributed by atoms with Crippen LogP contribution >= 0.6 is 31.9 Å². The lowest BCUT2D eigenvalue weighted by Gasteiger charge is -2.10. The molecule has 4 rings (SSSR count). The average Bonchev–Trinajstić information content (AvgIpc) is 3.12. The maximum atomic E-state index is 12.4. The minimum Gasteiger partial charge on any atom is -0.480 e. The van der Waals surface area contributed by atoms with Gasteiger partial charge in [0, 0.05) is 5.56 Å². The number of halogens is 2. The van der Waals surface area contributed by atoms with Gasteiger partial charge in [-0.05, 0) is 78.5 Å². The molecule has 0 bridgehead atoms. The molecule has 0 spiro atoms. The lowest BCUT2D eigenvalue weighted by Crippen LogP contribution is -2.13. The standard InChI is InChI=1S/C23H15Br2NO5/c1-29-20(27)12-30-21-17(24)8-13(9-18(21)25)10-19-23(28)31-22(26-19)16-7-6-14-4-2-3-5-15(14)11-16/h2-11H,12H2,1H3/b19-10-. The molecular formula is C23H15Br2NO5. The second-order valence-corrected chi connectivity index (χ2v) is 8.29. The number of hydrogen-bond acceptors (Lipinski definition) is 6. The van der Waals surface area contributed by atoms with Crippen molar-refractivity contribution >= 4 is 66.5 Å². The summed E-state index contributed by atoms with van der Waals surface area (Å²) in [5.74, 6) is -0.309. The van der Waals surface area contributed by atoms with Crippen LogP contribution in [0.2, 0.25) is 0 Å². The molecule has 3 aromatic carbocycles. The Kier molecular flexibility index (Phi) is 6.20. The molecule has 6 nitrogen and oxygen atoms in total. The highest BCUT2D eigenvalue weighted by Crippen LogP contribution is 2.36. The number of esters is 2. The van der Waals surface area contributed by atoms with Crippen LogP contribution in [0.5, 0.6) is 5.75 Å². The summed E-state index contributed by atoms with van der Waals surface area (Å²) in [7, 11) is 1.29. The van der Waals surface area contributed by atoms with Crippen molar-refractivity contribution in [3.05, 3.63) is 80.4 Å². The molecule has 31 heavy (non-hydrogen) atoms. The van der Waals surface area contributed by atoms with Gasteiger partial charge in [0.15, 0.2) is 12.3 Å². The van der Waals surface area contributed by atoms with Crippen molar-refractivity contribution in [2.45, 2.75) is 0 Å². The molecule has 156 valence electrons. The molecule has 8 heteroatoms. The van der Waals surface area contributed by atoms with Gasteiger partial charge in [-0.25, -0.2) is 14.6 Å². The summed E-state index contributed by atoms with van der Waals surface area (Å²) in [5, 5.41) is 2.13. The predicted octanol–water partition coefficient (Wildman–Crippen LogP) is 5.26. The van der Waals surface area contributed by atoms with Crippen molar-refractivity contribution in [2.75, 3.05) is 13.7 Å². The number of carbonyl (C=O) groups is 2. The molecule has 1 aliphatic rings. The van der Waals surface area contributed by atoms with Gasteiger partial charge >= 0.3 is 11.9 Å². The lowest BCUT2D eigenvalue weighted by atomic mass is 10.1. The summed E-state index contributed by atoms with van der Waals surface area (Å²) in [4.78, 5) is 28.1. The first-order valence-electron chi connectivity index (χ1n) is 9.15. The number of benzene rings is 3. The van der Waals surface area contributed by atoms with Crippen LogP contribution in [0.4, 0.5) is 0 Å². The van der Waals surface area contributed by atoms with Crippen molar-refractivity contribution < 1.29 is 23.8 Å². The summed E-state index contributed by atoms with van der Waals surface area (Å²) in [6.45, 7) is -0.222. The highest BCUT2D eigenvalue weighted by atomic mass is 79.9. The first-order chi connectivity index (χ1) is 14.9. The van der Waals surface area contributed by atoms with Gasteiger partial charge in [-0.1, -0.05) is 30.3 Å². The van der Waals surface area contributed by atoms with Gasteiger partial charge in [-0.15, -0.1) is 0 Å². The average molecular weight is 545 g/mol. The SMILES string of the molecule is COC(=O)COc1c(Br)cc(/C=C2\N=C(c3ccc4ccccc4c3)OC2=O)cc1Br. The number of hydrogen-bond donors (Lipinski definition) is 0. The van der Waals surface area contributed by atoms with Gasteiger partial charge in [0.2, 0.25) is 5.90 Å². The number of cyclic esters (lactones) is 1. The van der Waals surface area contributed by atoms with Crippen LogP contribution in [0.1, 0.15) is 11.1 Å². The number of ether oxygens (including phenoxy) is 3. The van der Waals surface area contributed by atoms with Gasteiger partial charge in [-0.2, -0.15) is 0 Å². The zero-order valence-corrected chi connectivity index (χ0v) is 19.4. The fraction of sp³-hybridized carbons (Fsp3) is 0.0870. The number of rotatable bonds is 5. The minimum atomic E-state index is -0.526. The topological polar surface area (TPSA) is 74.2 Å². The highest BCUT2D eigenvalue weighted by molar-refractivity contribution is 9.11. The van der Waals surface area contributed by atoms with E-state index < -0.39 is 11.9 Å². The quantitative estimate of drug-likeness (QED) is 0.323. The third-order valence-corrected chi connectivity index (χ3v) is 5.68. The number of aliphatic imine (C=N–C) groups is 1. The number of methoxy groups -OCH3 is 1. The fourth-order valence-electron chi connectivity index (χ4n) is 3.00. The van der Waals surface area contributed by atoms with E-state index in [1.54, 1.807) is 18.2 Å². The van der Waals surface area contributed by atoms with Crippen molar-refractivity contribution in [3.8, 4) is 5.75 Å². The Hall–Kier alpha value is -2.97. The summed E-state index contributed by atoms with van der Waals surface area (Å²) in [6, 6.07) is 17.2. The molecule has 0 aliphatic carbocycles. The van der Waals surface area contributed by atoms with E-state index in [-0.39, 0.29) is 18.2 Å². The van der Waals surface area contributed by atoms with Crippen molar-refractivity contribution in [1.29, 1.82) is 0 Å². The van der Waals surface area contributed by atoms with Crippen LogP contribution in [0, 0.1) is 0 Å². The Morgan fingerprint density at radius 1 is 1.06 bits per heavy atom. The second-order valence-electron chi connectivity index (χ2n) is 6.58. The third-order valence-electron chi connectivity index (χ3n) is 4.50. The van der Waals surface area contributed by atoms with Crippen LogP contribution in [-0.4, -0.2) is 31.6 Å². The maximum absolute atomic E-state index is 12.4. The van der Waals surface area contributed by atoms with E-state index in [0.29, 0.717) is 20.3 Å². The zero-order valence-electron chi connectivity index (χ0n) is 16.2. The molecule has 1 heterocycles. The molecule has 0 radical (unpaired) electrons. The fourth-order valence-corrected chi connectivity index (χ4v) is 4.45. The van der Waals surface area contributed by atoms with Crippen LogP contribution in [0.3, 0.4) is 0 Å². The minimum absolute atomic E-state index is 0.185. The molecule has 1 aliphatic heterocycles.